The molecular weight excluding hydrogens is 250 g/mol. The number of likely N-dealkylation sites (tertiary alicyclic amines) is 1. The summed E-state index contributed by atoms with van der Waals surface area (Å²) in [6.07, 6.45) is 2.90. The van der Waals surface area contributed by atoms with Crippen LogP contribution in [0.15, 0.2) is 6.07 Å². The van der Waals surface area contributed by atoms with Gasteiger partial charge < -0.3 is 4.90 Å². The van der Waals surface area contributed by atoms with Crippen LogP contribution in [0.4, 0.5) is 0 Å². The maximum atomic E-state index is 11.2. The standard InChI is InChI=1S/C13H18ClN3O/c1-9-7-12(14)16-13(15-9)8-11-3-5-17(6-4-11)10(2)18/h7,11H,3-6,8H2,1-2H3. The molecule has 1 aliphatic heterocycles. The second-order valence-electron chi connectivity index (χ2n) is 4.90. The Hall–Kier alpha value is -1.16. The molecule has 1 aromatic heterocycles. The van der Waals surface area contributed by atoms with Gasteiger partial charge in [0.15, 0.2) is 0 Å². The lowest BCUT2D eigenvalue weighted by molar-refractivity contribution is -0.130. The van der Waals surface area contributed by atoms with E-state index in [1.54, 1.807) is 13.0 Å². The van der Waals surface area contributed by atoms with Crippen molar-refractivity contribution in [2.45, 2.75) is 33.1 Å². The zero-order valence-electron chi connectivity index (χ0n) is 10.8. The van der Waals surface area contributed by atoms with E-state index in [2.05, 4.69) is 9.97 Å². The third-order valence-corrected chi connectivity index (χ3v) is 3.59. The van der Waals surface area contributed by atoms with Gasteiger partial charge in [-0.2, -0.15) is 0 Å². The fourth-order valence-corrected chi connectivity index (χ4v) is 2.65. The highest BCUT2D eigenvalue weighted by atomic mass is 35.5. The van der Waals surface area contributed by atoms with E-state index in [-0.39, 0.29) is 5.91 Å². The third-order valence-electron chi connectivity index (χ3n) is 3.40. The molecule has 0 aliphatic carbocycles. The zero-order chi connectivity index (χ0) is 13.1. The molecule has 4 nitrogen and oxygen atoms in total. The minimum Gasteiger partial charge on any atom is -0.343 e. The molecular formula is C13H18ClN3O. The molecule has 1 saturated heterocycles. The molecule has 5 heteroatoms. The molecule has 1 amide bonds. The van der Waals surface area contributed by atoms with Crippen LogP contribution < -0.4 is 0 Å². The van der Waals surface area contributed by atoms with Gasteiger partial charge >= 0.3 is 0 Å². The molecule has 0 bridgehead atoms. The maximum absolute atomic E-state index is 11.2. The van der Waals surface area contributed by atoms with Crippen molar-refractivity contribution in [3.63, 3.8) is 0 Å². The van der Waals surface area contributed by atoms with E-state index in [1.165, 1.54) is 0 Å². The molecule has 0 spiro atoms. The third kappa shape index (κ3) is 3.42. The second kappa shape index (κ2) is 5.65. The van der Waals surface area contributed by atoms with Crippen LogP contribution >= 0.6 is 11.6 Å². The monoisotopic (exact) mass is 267 g/mol. The summed E-state index contributed by atoms with van der Waals surface area (Å²) in [6.45, 7) is 5.25. The molecule has 98 valence electrons. The van der Waals surface area contributed by atoms with Crippen LogP contribution in [-0.2, 0) is 11.2 Å². The first kappa shape index (κ1) is 13.3. The van der Waals surface area contributed by atoms with Crippen molar-refractivity contribution >= 4 is 17.5 Å². The lowest BCUT2D eigenvalue weighted by atomic mass is 9.93. The predicted molar refractivity (Wildman–Crippen MR) is 70.5 cm³/mol. The summed E-state index contributed by atoms with van der Waals surface area (Å²) in [7, 11) is 0. The Bertz CT molecular complexity index is 422. The smallest absolute Gasteiger partial charge is 0.219 e. The summed E-state index contributed by atoms with van der Waals surface area (Å²) >= 11 is 5.93. The molecule has 0 aromatic carbocycles. The molecule has 0 radical (unpaired) electrons. The Morgan fingerprint density at radius 2 is 2.11 bits per heavy atom. The average Bonchev–Trinajstić information content (AvgIpc) is 2.28. The van der Waals surface area contributed by atoms with Gasteiger partial charge in [-0.05, 0) is 31.7 Å². The van der Waals surface area contributed by atoms with Gasteiger partial charge in [-0.1, -0.05) is 11.6 Å². The SMILES string of the molecule is CC(=O)N1CCC(Cc2nc(C)cc(Cl)n2)CC1. The molecule has 1 fully saturated rings. The lowest BCUT2D eigenvalue weighted by Gasteiger charge is -2.30. The Morgan fingerprint density at radius 1 is 1.44 bits per heavy atom. The van der Waals surface area contributed by atoms with Gasteiger partial charge in [-0.3, -0.25) is 4.79 Å². The normalized spacial score (nSPS) is 16.9. The van der Waals surface area contributed by atoms with Gasteiger partial charge in [0.1, 0.15) is 11.0 Å². The van der Waals surface area contributed by atoms with Gasteiger partial charge in [0.05, 0.1) is 0 Å². The van der Waals surface area contributed by atoms with Gasteiger partial charge in [0.25, 0.3) is 0 Å². The van der Waals surface area contributed by atoms with Crippen LogP contribution in [0.1, 0.15) is 31.3 Å². The molecule has 1 aromatic rings. The quantitative estimate of drug-likeness (QED) is 0.772. The number of nitrogens with zero attached hydrogens (tertiary/aromatic N) is 3. The number of hydrogen-bond donors (Lipinski definition) is 0. The highest BCUT2D eigenvalue weighted by Gasteiger charge is 2.21. The van der Waals surface area contributed by atoms with Crippen molar-refractivity contribution < 1.29 is 4.79 Å². The maximum Gasteiger partial charge on any atom is 0.219 e. The minimum atomic E-state index is 0.170. The van der Waals surface area contributed by atoms with Gasteiger partial charge in [-0.15, -0.1) is 0 Å². The van der Waals surface area contributed by atoms with Crippen molar-refractivity contribution in [3.05, 3.63) is 22.7 Å². The molecule has 2 rings (SSSR count). The molecule has 18 heavy (non-hydrogen) atoms. The number of piperidine rings is 1. The van der Waals surface area contributed by atoms with Gasteiger partial charge in [0, 0.05) is 32.1 Å². The van der Waals surface area contributed by atoms with Gasteiger partial charge in [0.2, 0.25) is 5.91 Å². The number of halogens is 1. The van der Waals surface area contributed by atoms with Crippen LogP contribution in [0.2, 0.25) is 5.15 Å². The Kier molecular flexibility index (Phi) is 4.17. The van der Waals surface area contributed by atoms with Crippen molar-refractivity contribution in [2.75, 3.05) is 13.1 Å². The van der Waals surface area contributed by atoms with Crippen LogP contribution in [0, 0.1) is 12.8 Å². The van der Waals surface area contributed by atoms with E-state index in [0.29, 0.717) is 11.1 Å². The number of aromatic nitrogens is 2. The molecule has 0 unspecified atom stereocenters. The first-order valence-corrected chi connectivity index (χ1v) is 6.68. The van der Waals surface area contributed by atoms with Crippen LogP contribution in [-0.4, -0.2) is 33.9 Å². The van der Waals surface area contributed by atoms with Crippen LogP contribution in [0.5, 0.6) is 0 Å². The minimum absolute atomic E-state index is 0.170. The van der Waals surface area contributed by atoms with E-state index >= 15 is 0 Å². The van der Waals surface area contributed by atoms with Crippen molar-refractivity contribution in [1.29, 1.82) is 0 Å². The summed E-state index contributed by atoms with van der Waals surface area (Å²) in [5, 5.41) is 0.513. The molecule has 0 saturated carbocycles. The molecule has 0 atom stereocenters. The van der Waals surface area contributed by atoms with Crippen LogP contribution in [0.3, 0.4) is 0 Å². The highest BCUT2D eigenvalue weighted by Crippen LogP contribution is 2.21. The largest absolute Gasteiger partial charge is 0.343 e. The Morgan fingerprint density at radius 3 is 2.67 bits per heavy atom. The summed E-state index contributed by atoms with van der Waals surface area (Å²) in [6, 6.07) is 1.77. The average molecular weight is 268 g/mol. The van der Waals surface area contributed by atoms with Crippen molar-refractivity contribution in [2.24, 2.45) is 5.92 Å². The first-order valence-electron chi connectivity index (χ1n) is 6.30. The first-order chi connectivity index (χ1) is 8.54. The summed E-state index contributed by atoms with van der Waals surface area (Å²) < 4.78 is 0. The number of hydrogen-bond acceptors (Lipinski definition) is 3. The molecule has 0 N–H and O–H groups in total. The number of rotatable bonds is 2. The van der Waals surface area contributed by atoms with E-state index in [4.69, 9.17) is 11.6 Å². The van der Waals surface area contributed by atoms with Gasteiger partial charge in [-0.25, -0.2) is 9.97 Å². The molecule has 2 heterocycles. The van der Waals surface area contributed by atoms with E-state index in [9.17, 15) is 4.79 Å². The fourth-order valence-electron chi connectivity index (χ4n) is 2.39. The zero-order valence-corrected chi connectivity index (χ0v) is 11.6. The number of carbonyl (C=O) groups excluding carboxylic acids is 1. The Balaban J connectivity index is 1.93. The number of amides is 1. The summed E-state index contributed by atoms with van der Waals surface area (Å²) in [4.78, 5) is 21.8. The topological polar surface area (TPSA) is 46.1 Å². The van der Waals surface area contributed by atoms with Crippen molar-refractivity contribution in [1.82, 2.24) is 14.9 Å². The van der Waals surface area contributed by atoms with Crippen molar-refractivity contribution in [3.8, 4) is 0 Å². The predicted octanol–water partition coefficient (Wildman–Crippen LogP) is 2.24. The summed E-state index contributed by atoms with van der Waals surface area (Å²) in [5.41, 5.74) is 0.908. The van der Waals surface area contributed by atoms with E-state index in [0.717, 1.165) is 43.9 Å². The highest BCUT2D eigenvalue weighted by molar-refractivity contribution is 6.29. The number of carbonyl (C=O) groups is 1. The second-order valence-corrected chi connectivity index (χ2v) is 5.29. The Labute approximate surface area is 112 Å². The summed E-state index contributed by atoms with van der Waals surface area (Å²) in [5.74, 6) is 1.54. The fraction of sp³-hybridized carbons (Fsp3) is 0.615. The lowest BCUT2D eigenvalue weighted by Crippen LogP contribution is -2.37. The van der Waals surface area contributed by atoms with Crippen LogP contribution in [0.25, 0.3) is 0 Å². The van der Waals surface area contributed by atoms with E-state index in [1.807, 2.05) is 11.8 Å². The molecule has 1 aliphatic rings. The van der Waals surface area contributed by atoms with E-state index < -0.39 is 0 Å². The number of aryl methyl sites for hydroxylation is 1.